The standard InChI is InChI=1S/C23H30N2O3/c1-15-6-8-18(9-7-15)20-21(24-12-16(2)11-17(3)13-24)23(27)25(22(20)26)14-19-5-4-10-28-19/h6-9,16-17,19H,4-5,10-14H2,1-3H3. The van der Waals surface area contributed by atoms with Crippen molar-refractivity contribution in [2.24, 2.45) is 11.8 Å². The number of piperidine rings is 1. The molecule has 3 aliphatic rings. The Labute approximate surface area is 167 Å². The maximum atomic E-state index is 13.4. The maximum Gasteiger partial charge on any atom is 0.277 e. The average molecular weight is 383 g/mol. The highest BCUT2D eigenvalue weighted by molar-refractivity contribution is 6.35. The van der Waals surface area contributed by atoms with Gasteiger partial charge in [0.05, 0.1) is 18.2 Å². The Kier molecular flexibility index (Phi) is 5.28. The molecule has 4 rings (SSSR count). The van der Waals surface area contributed by atoms with Crippen molar-refractivity contribution in [2.45, 2.75) is 46.1 Å². The predicted molar refractivity (Wildman–Crippen MR) is 108 cm³/mol. The van der Waals surface area contributed by atoms with E-state index in [0.29, 0.717) is 36.3 Å². The fourth-order valence-electron chi connectivity index (χ4n) is 4.84. The summed E-state index contributed by atoms with van der Waals surface area (Å²) in [7, 11) is 0. The molecule has 28 heavy (non-hydrogen) atoms. The summed E-state index contributed by atoms with van der Waals surface area (Å²) in [5.41, 5.74) is 3.12. The van der Waals surface area contributed by atoms with E-state index in [-0.39, 0.29) is 17.9 Å². The van der Waals surface area contributed by atoms with Gasteiger partial charge in [-0.2, -0.15) is 0 Å². The van der Waals surface area contributed by atoms with Crippen LogP contribution in [-0.4, -0.2) is 54.0 Å². The Morgan fingerprint density at radius 2 is 1.71 bits per heavy atom. The molecule has 0 bridgehead atoms. The molecule has 3 aliphatic heterocycles. The number of carbonyl (C=O) groups is 2. The van der Waals surface area contributed by atoms with Gasteiger partial charge in [-0.3, -0.25) is 14.5 Å². The SMILES string of the molecule is Cc1ccc(C2=C(N3CC(C)CC(C)C3)C(=O)N(CC3CCCO3)C2=O)cc1. The van der Waals surface area contributed by atoms with Crippen LogP contribution in [0.5, 0.6) is 0 Å². The van der Waals surface area contributed by atoms with Crippen molar-refractivity contribution in [3.8, 4) is 0 Å². The van der Waals surface area contributed by atoms with Crippen molar-refractivity contribution in [3.63, 3.8) is 0 Å². The molecule has 0 saturated carbocycles. The topological polar surface area (TPSA) is 49.9 Å². The van der Waals surface area contributed by atoms with E-state index in [0.717, 1.165) is 43.5 Å². The van der Waals surface area contributed by atoms with Crippen LogP contribution >= 0.6 is 0 Å². The second kappa shape index (κ2) is 7.70. The number of carbonyl (C=O) groups excluding carboxylic acids is 2. The molecule has 5 heteroatoms. The fourth-order valence-corrected chi connectivity index (χ4v) is 4.84. The molecular formula is C23H30N2O3. The molecule has 2 saturated heterocycles. The summed E-state index contributed by atoms with van der Waals surface area (Å²) >= 11 is 0. The molecule has 0 spiro atoms. The number of aryl methyl sites for hydroxylation is 1. The first-order valence-electron chi connectivity index (χ1n) is 10.5. The largest absolute Gasteiger partial charge is 0.376 e. The van der Waals surface area contributed by atoms with Crippen molar-refractivity contribution in [2.75, 3.05) is 26.2 Å². The minimum Gasteiger partial charge on any atom is -0.376 e. The van der Waals surface area contributed by atoms with Crippen molar-refractivity contribution >= 4 is 17.4 Å². The van der Waals surface area contributed by atoms with Gasteiger partial charge in [-0.1, -0.05) is 43.7 Å². The molecular weight excluding hydrogens is 352 g/mol. The molecule has 150 valence electrons. The summed E-state index contributed by atoms with van der Waals surface area (Å²) < 4.78 is 5.70. The Hall–Kier alpha value is -2.14. The molecule has 2 fully saturated rings. The van der Waals surface area contributed by atoms with E-state index in [1.165, 1.54) is 4.90 Å². The smallest absolute Gasteiger partial charge is 0.277 e. The molecule has 2 amide bonds. The molecule has 3 unspecified atom stereocenters. The molecule has 0 radical (unpaired) electrons. The molecule has 3 atom stereocenters. The minimum absolute atomic E-state index is 0.0364. The number of likely N-dealkylation sites (tertiary alicyclic amines) is 1. The summed E-state index contributed by atoms with van der Waals surface area (Å²) in [6, 6.07) is 7.92. The third-order valence-corrected chi connectivity index (χ3v) is 6.08. The lowest BCUT2D eigenvalue weighted by Crippen LogP contribution is -2.43. The molecule has 1 aromatic rings. The second-order valence-electron chi connectivity index (χ2n) is 8.80. The Bertz CT molecular complexity index is 783. The van der Waals surface area contributed by atoms with Crippen molar-refractivity contribution in [3.05, 3.63) is 41.1 Å². The number of imide groups is 1. The summed E-state index contributed by atoms with van der Waals surface area (Å²) in [6.45, 7) is 9.19. The van der Waals surface area contributed by atoms with Crippen molar-refractivity contribution in [1.29, 1.82) is 0 Å². The molecule has 0 aromatic heterocycles. The lowest BCUT2D eigenvalue weighted by molar-refractivity contribution is -0.139. The van der Waals surface area contributed by atoms with Gasteiger partial charge in [-0.15, -0.1) is 0 Å². The highest BCUT2D eigenvalue weighted by Gasteiger charge is 2.43. The van der Waals surface area contributed by atoms with Crippen LogP contribution in [0.25, 0.3) is 5.57 Å². The van der Waals surface area contributed by atoms with E-state index in [4.69, 9.17) is 4.74 Å². The van der Waals surface area contributed by atoms with Gasteiger partial charge < -0.3 is 9.64 Å². The van der Waals surface area contributed by atoms with E-state index in [9.17, 15) is 9.59 Å². The van der Waals surface area contributed by atoms with Crippen LogP contribution in [-0.2, 0) is 14.3 Å². The molecule has 3 heterocycles. The van der Waals surface area contributed by atoms with E-state index in [1.807, 2.05) is 31.2 Å². The van der Waals surface area contributed by atoms with Gasteiger partial charge in [0.2, 0.25) is 0 Å². The highest BCUT2D eigenvalue weighted by atomic mass is 16.5. The Morgan fingerprint density at radius 1 is 1.04 bits per heavy atom. The van der Waals surface area contributed by atoms with E-state index >= 15 is 0 Å². The third-order valence-electron chi connectivity index (χ3n) is 6.08. The van der Waals surface area contributed by atoms with Crippen molar-refractivity contribution < 1.29 is 14.3 Å². The third kappa shape index (κ3) is 3.60. The van der Waals surface area contributed by atoms with Gasteiger partial charge in [-0.05, 0) is 43.6 Å². The quantitative estimate of drug-likeness (QED) is 0.750. The maximum absolute atomic E-state index is 13.4. The highest BCUT2D eigenvalue weighted by Crippen LogP contribution is 2.35. The number of amides is 2. The number of rotatable bonds is 4. The number of nitrogens with zero attached hydrogens (tertiary/aromatic N) is 2. The zero-order valence-electron chi connectivity index (χ0n) is 17.1. The predicted octanol–water partition coefficient (Wildman–Crippen LogP) is 3.23. The van der Waals surface area contributed by atoms with Gasteiger partial charge in [0, 0.05) is 19.7 Å². The lowest BCUT2D eigenvalue weighted by Gasteiger charge is -2.37. The summed E-state index contributed by atoms with van der Waals surface area (Å²) in [5, 5.41) is 0. The molecule has 1 aromatic carbocycles. The van der Waals surface area contributed by atoms with Crippen molar-refractivity contribution in [1.82, 2.24) is 9.80 Å². The van der Waals surface area contributed by atoms with Gasteiger partial charge in [-0.25, -0.2) is 0 Å². The monoisotopic (exact) mass is 382 g/mol. The zero-order chi connectivity index (χ0) is 19.8. The Morgan fingerprint density at radius 3 is 2.32 bits per heavy atom. The van der Waals surface area contributed by atoms with Crippen LogP contribution in [0.3, 0.4) is 0 Å². The first-order valence-corrected chi connectivity index (χ1v) is 10.5. The number of ether oxygens (including phenoxy) is 1. The van der Waals surface area contributed by atoms with E-state index in [2.05, 4.69) is 18.7 Å². The van der Waals surface area contributed by atoms with E-state index < -0.39 is 0 Å². The van der Waals surface area contributed by atoms with Crippen LogP contribution in [0.15, 0.2) is 30.0 Å². The minimum atomic E-state index is -0.176. The van der Waals surface area contributed by atoms with Crippen LogP contribution in [0.2, 0.25) is 0 Å². The first-order chi connectivity index (χ1) is 13.4. The van der Waals surface area contributed by atoms with Gasteiger partial charge in [0.1, 0.15) is 5.70 Å². The first kappa shape index (κ1) is 19.2. The average Bonchev–Trinajstić information content (AvgIpc) is 3.24. The Balaban J connectivity index is 1.72. The summed E-state index contributed by atoms with van der Waals surface area (Å²) in [6.07, 6.45) is 3.02. The summed E-state index contributed by atoms with van der Waals surface area (Å²) in [5.74, 6) is 0.680. The second-order valence-corrected chi connectivity index (χ2v) is 8.80. The normalized spacial score (nSPS) is 28.6. The molecule has 5 nitrogen and oxygen atoms in total. The van der Waals surface area contributed by atoms with E-state index in [1.54, 1.807) is 0 Å². The lowest BCUT2D eigenvalue weighted by atomic mass is 9.91. The van der Waals surface area contributed by atoms with Gasteiger partial charge >= 0.3 is 0 Å². The molecule has 0 N–H and O–H groups in total. The number of benzene rings is 1. The van der Waals surface area contributed by atoms with Crippen LogP contribution < -0.4 is 0 Å². The zero-order valence-corrected chi connectivity index (χ0v) is 17.1. The molecule has 0 aliphatic carbocycles. The number of hydrogen-bond acceptors (Lipinski definition) is 4. The van der Waals surface area contributed by atoms with Crippen LogP contribution in [0.4, 0.5) is 0 Å². The van der Waals surface area contributed by atoms with Gasteiger partial charge in [0.15, 0.2) is 0 Å². The fraction of sp³-hybridized carbons (Fsp3) is 0.565. The van der Waals surface area contributed by atoms with Crippen LogP contribution in [0, 0.1) is 18.8 Å². The van der Waals surface area contributed by atoms with Gasteiger partial charge in [0.25, 0.3) is 11.8 Å². The summed E-state index contributed by atoms with van der Waals surface area (Å²) in [4.78, 5) is 30.4. The number of hydrogen-bond donors (Lipinski definition) is 0. The van der Waals surface area contributed by atoms with Crippen LogP contribution in [0.1, 0.15) is 44.2 Å².